The van der Waals surface area contributed by atoms with E-state index in [0.717, 1.165) is 5.57 Å². The molecule has 1 amide bonds. The average Bonchev–Trinajstić information content (AvgIpc) is 2.41. The molecule has 0 saturated carbocycles. The van der Waals surface area contributed by atoms with E-state index in [4.69, 9.17) is 0 Å². The van der Waals surface area contributed by atoms with Crippen LogP contribution in [0.1, 0.15) is 20.8 Å². The van der Waals surface area contributed by atoms with Crippen LogP contribution in [0.5, 0.6) is 0 Å². The number of hydrogen-bond acceptors (Lipinski definition) is 3. The summed E-state index contributed by atoms with van der Waals surface area (Å²) in [6.07, 6.45) is 6.33. The zero-order valence-corrected chi connectivity index (χ0v) is 12.4. The third-order valence-electron chi connectivity index (χ3n) is 2.24. The summed E-state index contributed by atoms with van der Waals surface area (Å²) in [5.41, 5.74) is 2.13. The van der Waals surface area contributed by atoms with Crippen molar-refractivity contribution < 1.29 is 14.3 Å². The van der Waals surface area contributed by atoms with Crippen molar-refractivity contribution in [3.63, 3.8) is 0 Å². The summed E-state index contributed by atoms with van der Waals surface area (Å²) in [5, 5.41) is 2.67. The first-order valence-corrected chi connectivity index (χ1v) is 6.06. The standard InChI is InChI=1S/C16H21NO3/c1-7-14(16(19)20-6)10-12(4)15(18)17-13(5)9-8-11(2)3/h7-10H,1,4H2,2-3,5-6H3,(H,17,18)/b13-9+,14-10+. The predicted molar refractivity (Wildman–Crippen MR) is 80.8 cm³/mol. The Kier molecular flexibility index (Phi) is 7.67. The second kappa shape index (κ2) is 8.69. The number of hydrogen-bond donors (Lipinski definition) is 1. The Morgan fingerprint density at radius 1 is 1.15 bits per heavy atom. The number of nitrogens with one attached hydrogen (secondary N) is 1. The van der Waals surface area contributed by atoms with Gasteiger partial charge in [0.1, 0.15) is 0 Å². The van der Waals surface area contributed by atoms with Crippen molar-refractivity contribution in [3.05, 3.63) is 59.9 Å². The molecular weight excluding hydrogens is 254 g/mol. The lowest BCUT2D eigenvalue weighted by molar-refractivity contribution is -0.135. The van der Waals surface area contributed by atoms with Crippen molar-refractivity contribution >= 4 is 11.9 Å². The van der Waals surface area contributed by atoms with Crippen LogP contribution in [-0.2, 0) is 14.3 Å². The molecule has 0 aromatic rings. The maximum atomic E-state index is 11.9. The first-order chi connectivity index (χ1) is 9.31. The van der Waals surface area contributed by atoms with Gasteiger partial charge in [-0.3, -0.25) is 4.79 Å². The quantitative estimate of drug-likeness (QED) is 0.461. The molecule has 4 nitrogen and oxygen atoms in total. The highest BCUT2D eigenvalue weighted by Crippen LogP contribution is 2.05. The van der Waals surface area contributed by atoms with Gasteiger partial charge in [-0.1, -0.05) is 30.9 Å². The fraction of sp³-hybridized carbons (Fsp3) is 0.250. The largest absolute Gasteiger partial charge is 0.465 e. The lowest BCUT2D eigenvalue weighted by Gasteiger charge is -2.05. The summed E-state index contributed by atoms with van der Waals surface area (Å²) in [7, 11) is 1.26. The number of ether oxygens (including phenoxy) is 1. The van der Waals surface area contributed by atoms with Crippen molar-refractivity contribution in [2.24, 2.45) is 0 Å². The molecule has 0 fully saturated rings. The van der Waals surface area contributed by atoms with Crippen molar-refractivity contribution in [1.82, 2.24) is 5.32 Å². The van der Waals surface area contributed by atoms with Gasteiger partial charge in [0.2, 0.25) is 0 Å². The molecule has 20 heavy (non-hydrogen) atoms. The maximum absolute atomic E-state index is 11.9. The highest BCUT2D eigenvalue weighted by molar-refractivity contribution is 6.00. The zero-order valence-electron chi connectivity index (χ0n) is 12.4. The molecule has 0 radical (unpaired) electrons. The molecule has 0 aromatic carbocycles. The van der Waals surface area contributed by atoms with Crippen molar-refractivity contribution in [1.29, 1.82) is 0 Å². The molecule has 4 heteroatoms. The molecule has 0 atom stereocenters. The highest BCUT2D eigenvalue weighted by Gasteiger charge is 2.10. The van der Waals surface area contributed by atoms with E-state index < -0.39 is 5.97 Å². The molecule has 0 bridgehead atoms. The maximum Gasteiger partial charge on any atom is 0.337 e. The molecule has 0 aliphatic carbocycles. The van der Waals surface area contributed by atoms with E-state index in [1.807, 2.05) is 19.9 Å². The minimum Gasteiger partial charge on any atom is -0.465 e. The fourth-order valence-electron chi connectivity index (χ4n) is 1.16. The Morgan fingerprint density at radius 2 is 1.75 bits per heavy atom. The van der Waals surface area contributed by atoms with Gasteiger partial charge in [0.05, 0.1) is 12.7 Å². The molecule has 0 aliphatic heterocycles. The van der Waals surface area contributed by atoms with E-state index in [0.29, 0.717) is 5.70 Å². The molecule has 0 aliphatic rings. The Hall–Kier alpha value is -2.36. The molecule has 0 unspecified atom stereocenters. The summed E-state index contributed by atoms with van der Waals surface area (Å²) in [4.78, 5) is 23.2. The van der Waals surface area contributed by atoms with Crippen LogP contribution in [0, 0.1) is 0 Å². The fourth-order valence-corrected chi connectivity index (χ4v) is 1.16. The highest BCUT2D eigenvalue weighted by atomic mass is 16.5. The second-order valence-corrected chi connectivity index (χ2v) is 4.37. The first kappa shape index (κ1) is 17.6. The molecule has 0 saturated heterocycles. The van der Waals surface area contributed by atoms with Gasteiger partial charge in [-0.25, -0.2) is 4.79 Å². The lowest BCUT2D eigenvalue weighted by Crippen LogP contribution is -2.22. The van der Waals surface area contributed by atoms with E-state index in [-0.39, 0.29) is 17.1 Å². The first-order valence-electron chi connectivity index (χ1n) is 6.06. The SMILES string of the molecule is C=C/C(=C\C(=C)C(=O)N/C(C)=C/C=C(C)C)C(=O)OC. The minimum absolute atomic E-state index is 0.148. The number of methoxy groups -OCH3 is 1. The third-order valence-corrected chi connectivity index (χ3v) is 2.24. The number of rotatable bonds is 6. The van der Waals surface area contributed by atoms with Gasteiger partial charge >= 0.3 is 5.97 Å². The third kappa shape index (κ3) is 6.54. The Labute approximate surface area is 120 Å². The second-order valence-electron chi connectivity index (χ2n) is 4.37. The van der Waals surface area contributed by atoms with Crippen LogP contribution in [-0.4, -0.2) is 19.0 Å². The molecular formula is C16H21NO3. The van der Waals surface area contributed by atoms with E-state index in [9.17, 15) is 9.59 Å². The average molecular weight is 275 g/mol. The number of allylic oxidation sites excluding steroid dienone is 4. The van der Waals surface area contributed by atoms with E-state index >= 15 is 0 Å². The molecule has 0 aromatic heterocycles. The van der Waals surface area contributed by atoms with Gasteiger partial charge in [0, 0.05) is 11.3 Å². The van der Waals surface area contributed by atoms with Gasteiger partial charge in [-0.2, -0.15) is 0 Å². The van der Waals surface area contributed by atoms with Crippen molar-refractivity contribution in [2.45, 2.75) is 20.8 Å². The molecule has 108 valence electrons. The van der Waals surface area contributed by atoms with Crippen LogP contribution >= 0.6 is 0 Å². The van der Waals surface area contributed by atoms with Crippen LogP contribution in [0.4, 0.5) is 0 Å². The van der Waals surface area contributed by atoms with E-state index in [2.05, 4.69) is 23.2 Å². The minimum atomic E-state index is -0.564. The van der Waals surface area contributed by atoms with Gasteiger partial charge in [-0.05, 0) is 32.9 Å². The Balaban J connectivity index is 4.88. The molecule has 1 N–H and O–H groups in total. The smallest absolute Gasteiger partial charge is 0.337 e. The number of carbonyl (C=O) groups is 2. The summed E-state index contributed by atoms with van der Waals surface area (Å²) in [6.45, 7) is 12.8. The molecule has 0 heterocycles. The monoisotopic (exact) mass is 275 g/mol. The van der Waals surface area contributed by atoms with Gasteiger partial charge in [-0.15, -0.1) is 0 Å². The molecule has 0 spiro atoms. The predicted octanol–water partition coefficient (Wildman–Crippen LogP) is 2.81. The Morgan fingerprint density at radius 3 is 2.20 bits per heavy atom. The van der Waals surface area contributed by atoms with Crippen LogP contribution < -0.4 is 5.32 Å². The van der Waals surface area contributed by atoms with Crippen LogP contribution in [0.2, 0.25) is 0 Å². The summed E-state index contributed by atoms with van der Waals surface area (Å²) >= 11 is 0. The topological polar surface area (TPSA) is 55.4 Å². The number of amides is 1. The van der Waals surface area contributed by atoms with E-state index in [1.54, 1.807) is 13.0 Å². The van der Waals surface area contributed by atoms with Gasteiger partial charge in [0.25, 0.3) is 5.91 Å². The van der Waals surface area contributed by atoms with E-state index in [1.165, 1.54) is 19.3 Å². The van der Waals surface area contributed by atoms with Crippen LogP contribution in [0.25, 0.3) is 0 Å². The summed E-state index contributed by atoms with van der Waals surface area (Å²) in [6, 6.07) is 0. The summed E-state index contributed by atoms with van der Waals surface area (Å²) < 4.78 is 4.56. The van der Waals surface area contributed by atoms with Crippen molar-refractivity contribution in [2.75, 3.05) is 7.11 Å². The van der Waals surface area contributed by atoms with Gasteiger partial charge < -0.3 is 10.1 Å². The normalized spacial score (nSPS) is 11.4. The lowest BCUT2D eigenvalue weighted by atomic mass is 10.1. The zero-order chi connectivity index (χ0) is 15.7. The number of carbonyl (C=O) groups excluding carboxylic acids is 2. The van der Waals surface area contributed by atoms with Crippen LogP contribution in [0.15, 0.2) is 59.9 Å². The Bertz CT molecular complexity index is 504. The summed E-state index contributed by atoms with van der Waals surface area (Å²) in [5.74, 6) is -0.949. The van der Waals surface area contributed by atoms with Gasteiger partial charge in [0.15, 0.2) is 0 Å². The van der Waals surface area contributed by atoms with Crippen molar-refractivity contribution in [3.8, 4) is 0 Å². The number of esters is 1. The van der Waals surface area contributed by atoms with Crippen LogP contribution in [0.3, 0.4) is 0 Å². The molecule has 0 rings (SSSR count).